The number of benzene rings is 1. The van der Waals surface area contributed by atoms with Crippen LogP contribution in [0.25, 0.3) is 0 Å². The van der Waals surface area contributed by atoms with Gasteiger partial charge in [0.1, 0.15) is 12.3 Å². The molecule has 1 amide bonds. The Morgan fingerprint density at radius 1 is 1.18 bits per heavy atom. The molecule has 1 aliphatic carbocycles. The molecule has 114 valence electrons. The molecule has 1 heterocycles. The van der Waals surface area contributed by atoms with Crippen LogP contribution in [0.3, 0.4) is 0 Å². The lowest BCUT2D eigenvalue weighted by molar-refractivity contribution is -0.145. The SMILES string of the molecule is O=C(O)CN(Cc1ccccc1)C(=O)[C@@H]1C[C@H]1c1ccco1. The van der Waals surface area contributed by atoms with Crippen molar-refractivity contribution in [2.45, 2.75) is 18.9 Å². The van der Waals surface area contributed by atoms with Gasteiger partial charge in [0.2, 0.25) is 5.91 Å². The van der Waals surface area contributed by atoms with Crippen molar-refractivity contribution < 1.29 is 19.1 Å². The van der Waals surface area contributed by atoms with E-state index in [4.69, 9.17) is 9.52 Å². The van der Waals surface area contributed by atoms with Crippen molar-refractivity contribution in [1.82, 2.24) is 4.90 Å². The van der Waals surface area contributed by atoms with Gasteiger partial charge in [-0.15, -0.1) is 0 Å². The highest BCUT2D eigenvalue weighted by atomic mass is 16.4. The second kappa shape index (κ2) is 6.05. The van der Waals surface area contributed by atoms with Gasteiger partial charge in [-0.25, -0.2) is 0 Å². The highest BCUT2D eigenvalue weighted by Gasteiger charge is 2.47. The van der Waals surface area contributed by atoms with Crippen LogP contribution < -0.4 is 0 Å². The van der Waals surface area contributed by atoms with E-state index in [-0.39, 0.29) is 24.3 Å². The Balaban J connectivity index is 1.69. The molecule has 2 aromatic rings. The fraction of sp³-hybridized carbons (Fsp3) is 0.294. The molecule has 2 atom stereocenters. The summed E-state index contributed by atoms with van der Waals surface area (Å²) in [4.78, 5) is 25.0. The third-order valence-electron chi connectivity index (χ3n) is 3.87. The van der Waals surface area contributed by atoms with Crippen LogP contribution in [0.15, 0.2) is 53.1 Å². The van der Waals surface area contributed by atoms with Gasteiger partial charge >= 0.3 is 5.97 Å². The standard InChI is InChI=1S/C17H17NO4/c19-16(20)11-18(10-12-5-2-1-3-6-12)17(21)14-9-13(14)15-7-4-8-22-15/h1-8,13-14H,9-11H2,(H,19,20)/t13-,14-/m1/s1. The van der Waals surface area contributed by atoms with Gasteiger partial charge in [-0.1, -0.05) is 30.3 Å². The molecule has 3 rings (SSSR count). The number of carbonyl (C=O) groups excluding carboxylic acids is 1. The van der Waals surface area contributed by atoms with Gasteiger partial charge in [0.15, 0.2) is 0 Å². The molecule has 1 aromatic carbocycles. The van der Waals surface area contributed by atoms with E-state index in [1.807, 2.05) is 36.4 Å². The summed E-state index contributed by atoms with van der Waals surface area (Å²) in [5, 5.41) is 9.05. The molecule has 5 heteroatoms. The number of carbonyl (C=O) groups is 2. The molecule has 1 N–H and O–H groups in total. The normalized spacial score (nSPS) is 19.6. The number of hydrogen-bond donors (Lipinski definition) is 1. The first-order valence-electron chi connectivity index (χ1n) is 7.23. The number of carboxylic acids is 1. The zero-order chi connectivity index (χ0) is 15.5. The summed E-state index contributed by atoms with van der Waals surface area (Å²) in [5.41, 5.74) is 0.923. The first kappa shape index (κ1) is 14.4. The second-order valence-corrected chi connectivity index (χ2v) is 5.54. The lowest BCUT2D eigenvalue weighted by Gasteiger charge is -2.21. The first-order valence-corrected chi connectivity index (χ1v) is 7.23. The second-order valence-electron chi connectivity index (χ2n) is 5.54. The molecule has 5 nitrogen and oxygen atoms in total. The number of nitrogens with zero attached hydrogens (tertiary/aromatic N) is 1. The van der Waals surface area contributed by atoms with Crippen LogP contribution in [-0.4, -0.2) is 28.4 Å². The van der Waals surface area contributed by atoms with Crippen molar-refractivity contribution in [3.8, 4) is 0 Å². The average molecular weight is 299 g/mol. The van der Waals surface area contributed by atoms with Crippen LogP contribution in [0.5, 0.6) is 0 Å². The summed E-state index contributed by atoms with van der Waals surface area (Å²) >= 11 is 0. The minimum atomic E-state index is -1.00. The Morgan fingerprint density at radius 2 is 1.95 bits per heavy atom. The van der Waals surface area contributed by atoms with Gasteiger partial charge in [-0.2, -0.15) is 0 Å². The monoisotopic (exact) mass is 299 g/mol. The molecule has 0 saturated heterocycles. The molecule has 1 aromatic heterocycles. The fourth-order valence-electron chi connectivity index (χ4n) is 2.70. The number of amides is 1. The molecule has 1 fully saturated rings. The van der Waals surface area contributed by atoms with Crippen LogP contribution in [0.1, 0.15) is 23.7 Å². The van der Waals surface area contributed by atoms with Crippen LogP contribution in [0, 0.1) is 5.92 Å². The maximum Gasteiger partial charge on any atom is 0.323 e. The molecule has 0 unspecified atom stereocenters. The summed E-state index contributed by atoms with van der Waals surface area (Å²) in [5.74, 6) is -0.413. The van der Waals surface area contributed by atoms with Crippen molar-refractivity contribution in [2.24, 2.45) is 5.92 Å². The van der Waals surface area contributed by atoms with E-state index in [0.29, 0.717) is 6.54 Å². The minimum absolute atomic E-state index is 0.0783. The van der Waals surface area contributed by atoms with Crippen LogP contribution in [-0.2, 0) is 16.1 Å². The Hall–Kier alpha value is -2.56. The molecule has 0 radical (unpaired) electrons. The molecule has 1 saturated carbocycles. The molecule has 0 spiro atoms. The maximum atomic E-state index is 12.6. The summed E-state index contributed by atoms with van der Waals surface area (Å²) in [6, 6.07) is 13.1. The van der Waals surface area contributed by atoms with E-state index >= 15 is 0 Å². The topological polar surface area (TPSA) is 70.8 Å². The molecular weight excluding hydrogens is 282 g/mol. The summed E-state index contributed by atoms with van der Waals surface area (Å²) in [6.45, 7) is 0.0302. The van der Waals surface area contributed by atoms with Gasteiger partial charge in [0.05, 0.1) is 6.26 Å². The maximum absolute atomic E-state index is 12.6. The molecule has 0 bridgehead atoms. The molecule has 1 aliphatic rings. The van der Waals surface area contributed by atoms with Crippen molar-refractivity contribution in [2.75, 3.05) is 6.54 Å². The largest absolute Gasteiger partial charge is 0.480 e. The van der Waals surface area contributed by atoms with E-state index in [1.54, 1.807) is 12.3 Å². The summed E-state index contributed by atoms with van der Waals surface area (Å²) < 4.78 is 5.33. The van der Waals surface area contributed by atoms with Crippen molar-refractivity contribution in [3.05, 3.63) is 60.1 Å². The van der Waals surface area contributed by atoms with E-state index in [1.165, 1.54) is 4.90 Å². The predicted molar refractivity (Wildman–Crippen MR) is 79.1 cm³/mol. The molecule has 22 heavy (non-hydrogen) atoms. The third-order valence-corrected chi connectivity index (χ3v) is 3.87. The number of carboxylic acid groups (broad SMARTS) is 1. The van der Waals surface area contributed by atoms with E-state index in [0.717, 1.165) is 17.7 Å². The zero-order valence-corrected chi connectivity index (χ0v) is 12.0. The quantitative estimate of drug-likeness (QED) is 0.889. The Labute approximate surface area is 128 Å². The zero-order valence-electron chi connectivity index (χ0n) is 12.0. The minimum Gasteiger partial charge on any atom is -0.480 e. The van der Waals surface area contributed by atoms with Gasteiger partial charge in [-0.05, 0) is 24.1 Å². The summed E-state index contributed by atoms with van der Waals surface area (Å²) in [7, 11) is 0. The fourth-order valence-corrected chi connectivity index (χ4v) is 2.70. The summed E-state index contributed by atoms with van der Waals surface area (Å²) in [6.07, 6.45) is 2.31. The predicted octanol–water partition coefficient (Wildman–Crippen LogP) is 2.50. The number of hydrogen-bond acceptors (Lipinski definition) is 3. The van der Waals surface area contributed by atoms with Crippen molar-refractivity contribution >= 4 is 11.9 Å². The number of aliphatic carboxylic acids is 1. The Morgan fingerprint density at radius 3 is 2.59 bits per heavy atom. The highest BCUT2D eigenvalue weighted by molar-refractivity contribution is 5.86. The van der Waals surface area contributed by atoms with Crippen LogP contribution >= 0.6 is 0 Å². The van der Waals surface area contributed by atoms with Gasteiger partial charge in [0.25, 0.3) is 0 Å². The highest BCUT2D eigenvalue weighted by Crippen LogP contribution is 2.48. The smallest absolute Gasteiger partial charge is 0.323 e. The third kappa shape index (κ3) is 3.19. The van der Waals surface area contributed by atoms with E-state index in [2.05, 4.69) is 0 Å². The van der Waals surface area contributed by atoms with Gasteiger partial charge in [-0.3, -0.25) is 9.59 Å². The van der Waals surface area contributed by atoms with Crippen molar-refractivity contribution in [1.29, 1.82) is 0 Å². The first-order chi connectivity index (χ1) is 10.6. The molecular formula is C17H17NO4. The van der Waals surface area contributed by atoms with Crippen molar-refractivity contribution in [3.63, 3.8) is 0 Å². The van der Waals surface area contributed by atoms with Crippen LogP contribution in [0.4, 0.5) is 0 Å². The lowest BCUT2D eigenvalue weighted by Crippen LogP contribution is -2.36. The van der Waals surface area contributed by atoms with Gasteiger partial charge in [0, 0.05) is 18.4 Å². The number of furan rings is 1. The lowest BCUT2D eigenvalue weighted by atomic mass is 10.2. The van der Waals surface area contributed by atoms with E-state index < -0.39 is 5.97 Å². The van der Waals surface area contributed by atoms with Gasteiger partial charge < -0.3 is 14.4 Å². The molecule has 0 aliphatic heterocycles. The Kier molecular flexibility index (Phi) is 3.96. The van der Waals surface area contributed by atoms with Crippen LogP contribution in [0.2, 0.25) is 0 Å². The van der Waals surface area contributed by atoms with E-state index in [9.17, 15) is 9.59 Å². The average Bonchev–Trinajstić information content (AvgIpc) is 3.11. The Bertz CT molecular complexity index is 651. The number of rotatable bonds is 6.